The minimum absolute atomic E-state index is 0.378. The maximum absolute atomic E-state index is 15.7. The van der Waals surface area contributed by atoms with Crippen molar-refractivity contribution in [1.29, 1.82) is 21.0 Å². The summed E-state index contributed by atoms with van der Waals surface area (Å²) in [6.07, 6.45) is 0. The molecule has 0 radical (unpaired) electrons. The van der Waals surface area contributed by atoms with Crippen LogP contribution in [0.2, 0.25) is 0 Å². The zero-order valence-electron chi connectivity index (χ0n) is 17.8. The van der Waals surface area contributed by atoms with Crippen LogP contribution in [0, 0.1) is 80.2 Å². The molecule has 14 heteroatoms. The maximum atomic E-state index is 15.7. The van der Waals surface area contributed by atoms with Crippen LogP contribution in [-0.2, 0) is 0 Å². The van der Waals surface area contributed by atoms with E-state index in [4.69, 9.17) is 21.0 Å². The number of aromatic nitrogens is 2. The summed E-state index contributed by atoms with van der Waals surface area (Å²) >= 11 is 0.882. The van der Waals surface area contributed by atoms with Gasteiger partial charge in [0.25, 0.3) is 0 Å². The number of hydrogen-bond acceptors (Lipinski definition) is 8. The number of halogens is 6. The van der Waals surface area contributed by atoms with Gasteiger partial charge in [-0.15, -0.1) is 22.7 Å². The Morgan fingerprint density at radius 2 is 0.789 bits per heavy atom. The molecule has 0 spiro atoms. The van der Waals surface area contributed by atoms with E-state index in [1.54, 1.807) is 0 Å². The van der Waals surface area contributed by atoms with E-state index in [1.807, 2.05) is 0 Å². The number of nitrogens with zero attached hydrogens (tertiary/aromatic N) is 6. The van der Waals surface area contributed by atoms with Gasteiger partial charge in [-0.2, -0.15) is 21.0 Å². The van der Waals surface area contributed by atoms with E-state index in [2.05, 4.69) is 9.97 Å². The number of rotatable bonds is 0. The van der Waals surface area contributed by atoms with Gasteiger partial charge in [-0.05, 0) is 0 Å². The molecule has 6 rings (SSSR count). The highest BCUT2D eigenvalue weighted by Crippen LogP contribution is 2.48. The molecule has 0 aliphatic rings. The molecule has 0 atom stereocenters. The molecule has 0 N–H and O–H groups in total. The second-order valence-electron chi connectivity index (χ2n) is 7.72. The Labute approximate surface area is 212 Å². The lowest BCUT2D eigenvalue weighted by Gasteiger charge is -2.16. The third kappa shape index (κ3) is 2.63. The van der Waals surface area contributed by atoms with E-state index in [9.17, 15) is 0 Å². The first kappa shape index (κ1) is 23.4. The first-order valence-corrected chi connectivity index (χ1v) is 11.6. The Balaban J connectivity index is 2.06. The lowest BCUT2D eigenvalue weighted by atomic mass is 9.91. The van der Waals surface area contributed by atoms with Crippen LogP contribution in [0.5, 0.6) is 0 Å². The van der Waals surface area contributed by atoms with Gasteiger partial charge >= 0.3 is 0 Å². The highest BCUT2D eigenvalue weighted by Gasteiger charge is 2.33. The normalized spacial score (nSPS) is 11.3. The lowest BCUT2D eigenvalue weighted by molar-refractivity contribution is 0.514. The van der Waals surface area contributed by atoms with Crippen molar-refractivity contribution < 1.29 is 26.3 Å². The van der Waals surface area contributed by atoms with Crippen LogP contribution in [-0.4, -0.2) is 9.97 Å². The number of thiazole rings is 2. The van der Waals surface area contributed by atoms with Gasteiger partial charge in [0, 0.05) is 21.5 Å². The zero-order valence-corrected chi connectivity index (χ0v) is 19.4. The molecule has 0 aliphatic heterocycles. The van der Waals surface area contributed by atoms with Crippen molar-refractivity contribution >= 4 is 86.6 Å². The summed E-state index contributed by atoms with van der Waals surface area (Å²) in [7, 11) is 0. The van der Waals surface area contributed by atoms with Crippen molar-refractivity contribution in [2.75, 3.05) is 0 Å². The van der Waals surface area contributed by atoms with Crippen molar-refractivity contribution in [2.45, 2.75) is 0 Å². The van der Waals surface area contributed by atoms with Crippen LogP contribution >= 0.6 is 22.7 Å². The van der Waals surface area contributed by atoms with E-state index < -0.39 is 98.8 Å². The summed E-state index contributed by atoms with van der Waals surface area (Å²) in [5, 5.41) is 31.4. The molecule has 0 aliphatic carbocycles. The van der Waals surface area contributed by atoms with Crippen LogP contribution in [0.15, 0.2) is 0 Å². The monoisotopic (exact) mass is 550 g/mol. The topological polar surface area (TPSA) is 121 Å². The Bertz CT molecular complexity index is 2210. The van der Waals surface area contributed by atoms with Crippen LogP contribution in [0.25, 0.3) is 63.9 Å². The molecule has 0 saturated heterocycles. The quantitative estimate of drug-likeness (QED) is 0.193. The van der Waals surface area contributed by atoms with Crippen LogP contribution in [0.3, 0.4) is 0 Å². The predicted octanol–water partition coefficient (Wildman–Crippen LogP) is 5.03. The average Bonchev–Trinajstić information content (AvgIpc) is 3.53. The summed E-state index contributed by atoms with van der Waals surface area (Å²) < 4.78 is 91.9. The molecule has 4 aromatic carbocycles. The molecular weight excluding hydrogens is 550 g/mol. The van der Waals surface area contributed by atoms with Crippen molar-refractivity contribution in [2.24, 2.45) is 0 Å². The maximum Gasteiger partial charge on any atom is 0.170 e. The largest absolute Gasteiger partial charge is 0.231 e. The Morgan fingerprint density at radius 1 is 0.474 bits per heavy atom. The molecule has 38 heavy (non-hydrogen) atoms. The van der Waals surface area contributed by atoms with Gasteiger partial charge in [0.05, 0.1) is 20.2 Å². The van der Waals surface area contributed by atoms with Gasteiger partial charge in [0.15, 0.2) is 46.0 Å². The third-order valence-corrected chi connectivity index (χ3v) is 8.13. The highest BCUT2D eigenvalue weighted by molar-refractivity contribution is 7.18. The van der Waals surface area contributed by atoms with Gasteiger partial charge in [-0.25, -0.2) is 36.3 Å². The molecule has 2 heterocycles. The molecule has 0 bridgehead atoms. The van der Waals surface area contributed by atoms with Crippen LogP contribution < -0.4 is 9.33 Å². The number of benzene rings is 4. The Morgan fingerprint density at radius 3 is 1.11 bits per heavy atom. The van der Waals surface area contributed by atoms with Crippen molar-refractivity contribution in [1.82, 2.24) is 9.97 Å². The molecular formula is C24F6N6S2. The lowest BCUT2D eigenvalue weighted by Crippen LogP contribution is -2.04. The molecule has 0 saturated carbocycles. The van der Waals surface area contributed by atoms with Gasteiger partial charge in [-0.3, -0.25) is 0 Å². The van der Waals surface area contributed by atoms with Crippen LogP contribution in [0.4, 0.5) is 26.3 Å². The smallest absolute Gasteiger partial charge is 0.170 e. The van der Waals surface area contributed by atoms with Gasteiger partial charge in [0.2, 0.25) is 0 Å². The molecule has 180 valence electrons. The molecule has 0 unspecified atom stereocenters. The van der Waals surface area contributed by atoms with E-state index in [-0.39, 0.29) is 9.33 Å². The van der Waals surface area contributed by atoms with Crippen molar-refractivity contribution in [3.05, 3.63) is 44.2 Å². The number of nitriles is 4. The minimum Gasteiger partial charge on any atom is -0.231 e. The standard InChI is InChI=1S/C24F6N6S2/c25-13-9-7-8-10(14(13)26)18(30)20-22(38-24(36-20)6(3-33)4-34)12(8)16(28)15(27)11(7)21-19(17(9)29)35-23(37-21)5(1-31)2-32. The fourth-order valence-electron chi connectivity index (χ4n) is 4.44. The average molecular weight is 550 g/mol. The fraction of sp³-hybridized carbons (Fsp3) is 0. The van der Waals surface area contributed by atoms with Gasteiger partial charge in [0.1, 0.15) is 44.6 Å². The van der Waals surface area contributed by atoms with Gasteiger partial charge in [-0.1, -0.05) is 0 Å². The van der Waals surface area contributed by atoms with E-state index in [0.717, 1.165) is 0 Å². The number of fused-ring (bicyclic) bond motifs is 4. The minimum atomic E-state index is -1.91. The van der Waals surface area contributed by atoms with E-state index in [0.29, 0.717) is 22.7 Å². The summed E-state index contributed by atoms with van der Waals surface area (Å²) in [5.74, 6) is -10.1. The first-order chi connectivity index (χ1) is 18.2. The summed E-state index contributed by atoms with van der Waals surface area (Å²) in [6, 6.07) is 6.09. The fourth-order valence-corrected chi connectivity index (χ4v) is 6.53. The summed E-state index contributed by atoms with van der Waals surface area (Å²) in [5.41, 5.74) is -2.68. The SMILES string of the molecule is N#CC(C#N)=c1nc2c(F)c3c(F)c(F)c4c(F)c5nc(=C(C#N)C#N)sc5c5c(F)c(F)c(c2s1)c3c45. The van der Waals surface area contributed by atoms with Gasteiger partial charge < -0.3 is 0 Å². The Hall–Kier alpha value is -5.02. The number of hydrogen-bond donors (Lipinski definition) is 0. The highest BCUT2D eigenvalue weighted by atomic mass is 32.1. The van der Waals surface area contributed by atoms with Crippen molar-refractivity contribution in [3.8, 4) is 24.3 Å². The Kier molecular flexibility index (Phi) is 4.76. The summed E-state index contributed by atoms with van der Waals surface area (Å²) in [4.78, 5) is 7.54. The second-order valence-corrected chi connectivity index (χ2v) is 9.72. The predicted molar refractivity (Wildman–Crippen MR) is 125 cm³/mol. The second kappa shape index (κ2) is 7.74. The first-order valence-electron chi connectivity index (χ1n) is 9.99. The molecule has 6 nitrogen and oxygen atoms in total. The third-order valence-electron chi connectivity index (χ3n) is 5.95. The molecule has 0 fully saturated rings. The molecule has 6 aromatic rings. The molecule has 2 aromatic heterocycles. The van der Waals surface area contributed by atoms with Crippen molar-refractivity contribution in [3.63, 3.8) is 0 Å². The van der Waals surface area contributed by atoms with Crippen LogP contribution in [0.1, 0.15) is 0 Å². The van der Waals surface area contributed by atoms with E-state index in [1.165, 1.54) is 24.3 Å². The zero-order chi connectivity index (χ0) is 27.2. The summed E-state index contributed by atoms with van der Waals surface area (Å²) in [6.45, 7) is 0. The van der Waals surface area contributed by atoms with E-state index >= 15 is 26.3 Å². The molecule has 0 amide bonds.